The van der Waals surface area contributed by atoms with E-state index in [0.717, 1.165) is 31.7 Å². The first-order valence-electron chi connectivity index (χ1n) is 8.79. The maximum absolute atomic E-state index is 12.7. The van der Waals surface area contributed by atoms with Crippen LogP contribution in [0.3, 0.4) is 0 Å². The van der Waals surface area contributed by atoms with Crippen molar-refractivity contribution in [2.24, 2.45) is 5.16 Å². The quantitative estimate of drug-likeness (QED) is 0.812. The Morgan fingerprint density at radius 1 is 1.38 bits per heavy atom. The van der Waals surface area contributed by atoms with Crippen LogP contribution in [0.25, 0.3) is 0 Å². The Labute approximate surface area is 157 Å². The Morgan fingerprint density at radius 2 is 2.31 bits per heavy atom. The average molecular weight is 370 g/mol. The van der Waals surface area contributed by atoms with E-state index in [1.165, 1.54) is 4.88 Å². The van der Waals surface area contributed by atoms with E-state index >= 15 is 0 Å². The summed E-state index contributed by atoms with van der Waals surface area (Å²) in [6, 6.07) is 9.94. The molecule has 0 N–H and O–H groups in total. The van der Waals surface area contributed by atoms with E-state index < -0.39 is 0 Å². The number of oxime groups is 1. The van der Waals surface area contributed by atoms with Gasteiger partial charge in [-0.1, -0.05) is 17.3 Å². The van der Waals surface area contributed by atoms with Crippen LogP contribution in [0.1, 0.15) is 23.4 Å². The first-order valence-corrected chi connectivity index (χ1v) is 9.67. The van der Waals surface area contributed by atoms with Crippen LogP contribution >= 0.6 is 11.3 Å². The fraction of sp³-hybridized carbons (Fsp3) is 0.421. The molecule has 2 aliphatic heterocycles. The minimum atomic E-state index is -0.339. The molecule has 0 saturated carbocycles. The second-order valence-corrected chi connectivity index (χ2v) is 8.04. The standard InChI is InChI=1S/C19H22N4O2S/c1-22(12-15-5-2-3-8-20-15)18(24)17-11-19(25-21-17)7-9-23(14-19)13-16-6-4-10-26-16/h2-6,8,10H,7,9,11-14H2,1H3. The molecule has 136 valence electrons. The number of aromatic nitrogens is 1. The molecule has 1 saturated heterocycles. The molecule has 1 atom stereocenters. The fourth-order valence-corrected chi connectivity index (χ4v) is 4.31. The van der Waals surface area contributed by atoms with Crippen molar-refractivity contribution < 1.29 is 9.63 Å². The van der Waals surface area contributed by atoms with Gasteiger partial charge in [0, 0.05) is 50.6 Å². The molecule has 2 aromatic heterocycles. The second-order valence-electron chi connectivity index (χ2n) is 7.01. The van der Waals surface area contributed by atoms with E-state index in [9.17, 15) is 4.79 Å². The molecule has 4 rings (SSSR count). The summed E-state index contributed by atoms with van der Waals surface area (Å²) in [5.41, 5.74) is 1.04. The Hall–Kier alpha value is -2.25. The molecule has 1 unspecified atom stereocenters. The molecule has 2 aliphatic rings. The molecule has 0 radical (unpaired) electrons. The monoisotopic (exact) mass is 370 g/mol. The highest BCUT2D eigenvalue weighted by atomic mass is 32.1. The fourth-order valence-electron chi connectivity index (χ4n) is 3.57. The molecule has 1 spiro atoms. The van der Waals surface area contributed by atoms with Gasteiger partial charge in [0.15, 0.2) is 5.60 Å². The van der Waals surface area contributed by atoms with Gasteiger partial charge in [0.25, 0.3) is 5.91 Å². The van der Waals surface area contributed by atoms with Crippen LogP contribution in [0.2, 0.25) is 0 Å². The van der Waals surface area contributed by atoms with E-state index in [1.54, 1.807) is 29.5 Å². The number of carbonyl (C=O) groups excluding carboxylic acids is 1. The Morgan fingerprint density at radius 3 is 3.08 bits per heavy atom. The Bertz CT molecular complexity index is 793. The van der Waals surface area contributed by atoms with Crippen molar-refractivity contribution in [1.82, 2.24) is 14.8 Å². The molecule has 0 bridgehead atoms. The average Bonchev–Trinajstić information content (AvgIpc) is 3.39. The van der Waals surface area contributed by atoms with Crippen LogP contribution in [-0.2, 0) is 22.7 Å². The normalized spacial score (nSPS) is 22.4. The molecule has 2 aromatic rings. The molecule has 0 aromatic carbocycles. The third-order valence-corrected chi connectivity index (χ3v) is 5.77. The minimum Gasteiger partial charge on any atom is -0.387 e. The molecular weight excluding hydrogens is 348 g/mol. The van der Waals surface area contributed by atoms with Gasteiger partial charge in [0.1, 0.15) is 5.71 Å². The number of rotatable bonds is 5. The van der Waals surface area contributed by atoms with Gasteiger partial charge < -0.3 is 9.74 Å². The molecular formula is C19H22N4O2S. The van der Waals surface area contributed by atoms with Gasteiger partial charge in [-0.2, -0.15) is 0 Å². The lowest BCUT2D eigenvalue weighted by Gasteiger charge is -2.22. The molecule has 1 amide bonds. The highest BCUT2D eigenvalue weighted by Crippen LogP contribution is 2.35. The Balaban J connectivity index is 1.33. The molecule has 0 aliphatic carbocycles. The van der Waals surface area contributed by atoms with Crippen molar-refractivity contribution in [3.63, 3.8) is 0 Å². The summed E-state index contributed by atoms with van der Waals surface area (Å²) in [6.45, 7) is 3.19. The second kappa shape index (κ2) is 7.17. The number of nitrogens with zero attached hydrogens (tertiary/aromatic N) is 4. The van der Waals surface area contributed by atoms with E-state index in [0.29, 0.717) is 18.7 Å². The van der Waals surface area contributed by atoms with Crippen molar-refractivity contribution in [3.8, 4) is 0 Å². The van der Waals surface area contributed by atoms with E-state index in [1.807, 2.05) is 18.2 Å². The van der Waals surface area contributed by atoms with Gasteiger partial charge in [-0.05, 0) is 23.6 Å². The van der Waals surface area contributed by atoms with Crippen LogP contribution in [0, 0.1) is 0 Å². The highest BCUT2D eigenvalue weighted by molar-refractivity contribution is 7.09. The molecule has 26 heavy (non-hydrogen) atoms. The third-order valence-electron chi connectivity index (χ3n) is 4.91. The number of carbonyl (C=O) groups is 1. The Kier molecular flexibility index (Phi) is 4.74. The van der Waals surface area contributed by atoms with Crippen molar-refractivity contribution in [2.75, 3.05) is 20.1 Å². The highest BCUT2D eigenvalue weighted by Gasteiger charge is 2.47. The van der Waals surface area contributed by atoms with Crippen molar-refractivity contribution in [1.29, 1.82) is 0 Å². The van der Waals surface area contributed by atoms with Crippen molar-refractivity contribution in [2.45, 2.75) is 31.5 Å². The van der Waals surface area contributed by atoms with Crippen LogP contribution in [0.5, 0.6) is 0 Å². The zero-order chi connectivity index (χ0) is 18.0. The zero-order valence-corrected chi connectivity index (χ0v) is 15.6. The smallest absolute Gasteiger partial charge is 0.271 e. The molecule has 6 nitrogen and oxygen atoms in total. The van der Waals surface area contributed by atoms with E-state index in [-0.39, 0.29) is 11.5 Å². The van der Waals surface area contributed by atoms with Gasteiger partial charge in [-0.15, -0.1) is 11.3 Å². The summed E-state index contributed by atoms with van der Waals surface area (Å²) in [5.74, 6) is -0.0794. The predicted molar refractivity (Wildman–Crippen MR) is 101 cm³/mol. The summed E-state index contributed by atoms with van der Waals surface area (Å²) in [6.07, 6.45) is 3.22. The van der Waals surface area contributed by atoms with Crippen LogP contribution in [-0.4, -0.2) is 52.1 Å². The number of thiophene rings is 1. The number of amides is 1. The maximum atomic E-state index is 12.7. The first-order chi connectivity index (χ1) is 12.6. The van der Waals surface area contributed by atoms with Crippen LogP contribution < -0.4 is 0 Å². The lowest BCUT2D eigenvalue weighted by molar-refractivity contribution is -0.123. The van der Waals surface area contributed by atoms with Crippen molar-refractivity contribution >= 4 is 23.0 Å². The lowest BCUT2D eigenvalue weighted by atomic mass is 9.96. The summed E-state index contributed by atoms with van der Waals surface area (Å²) in [4.78, 5) is 28.1. The van der Waals surface area contributed by atoms with Gasteiger partial charge in [0.05, 0.1) is 12.2 Å². The zero-order valence-electron chi connectivity index (χ0n) is 14.8. The topological polar surface area (TPSA) is 58.0 Å². The largest absolute Gasteiger partial charge is 0.387 e. The SMILES string of the molecule is CN(Cc1ccccn1)C(=O)C1=NOC2(CCN(Cc3cccs3)C2)C1. The maximum Gasteiger partial charge on any atom is 0.271 e. The summed E-state index contributed by atoms with van der Waals surface area (Å²) < 4.78 is 0. The summed E-state index contributed by atoms with van der Waals surface area (Å²) in [7, 11) is 1.78. The van der Waals surface area contributed by atoms with E-state index in [2.05, 4.69) is 32.6 Å². The van der Waals surface area contributed by atoms with E-state index in [4.69, 9.17) is 4.84 Å². The molecule has 7 heteroatoms. The molecule has 4 heterocycles. The minimum absolute atomic E-state index is 0.0794. The first kappa shape index (κ1) is 17.2. The summed E-state index contributed by atoms with van der Waals surface area (Å²) in [5, 5.41) is 6.25. The van der Waals surface area contributed by atoms with Crippen molar-refractivity contribution in [3.05, 3.63) is 52.5 Å². The lowest BCUT2D eigenvalue weighted by Crippen LogP contribution is -2.37. The van der Waals surface area contributed by atoms with Gasteiger partial charge in [0.2, 0.25) is 0 Å². The number of likely N-dealkylation sites (tertiary alicyclic amines) is 1. The van der Waals surface area contributed by atoms with Gasteiger partial charge in [-0.25, -0.2) is 0 Å². The summed E-state index contributed by atoms with van der Waals surface area (Å²) >= 11 is 1.77. The molecule has 1 fully saturated rings. The van der Waals surface area contributed by atoms with Crippen LogP contribution in [0.4, 0.5) is 0 Å². The van der Waals surface area contributed by atoms with Gasteiger partial charge >= 0.3 is 0 Å². The predicted octanol–water partition coefficient (Wildman–Crippen LogP) is 2.52. The number of hydrogen-bond donors (Lipinski definition) is 0. The third kappa shape index (κ3) is 3.64. The number of pyridine rings is 1. The number of hydrogen-bond acceptors (Lipinski definition) is 6. The van der Waals surface area contributed by atoms with Gasteiger partial charge in [-0.3, -0.25) is 14.7 Å². The van der Waals surface area contributed by atoms with Crippen LogP contribution in [0.15, 0.2) is 47.1 Å².